The van der Waals surface area contributed by atoms with Crippen LogP contribution in [0, 0.1) is 0 Å². The molecule has 0 spiro atoms. The molecule has 0 aromatic heterocycles. The molecule has 0 N–H and O–H groups in total. The fraction of sp³-hybridized carbons (Fsp3) is 0.154. The minimum absolute atomic E-state index is 0.811. The smallest absolute Gasteiger partial charge is 0.150 e. The molecule has 2 rings (SSSR count). The molecule has 14 heavy (non-hydrogen) atoms. The van der Waals surface area contributed by atoms with Gasteiger partial charge < -0.3 is 0 Å². The Labute approximate surface area is 83.4 Å². The van der Waals surface area contributed by atoms with E-state index in [-0.39, 0.29) is 0 Å². The number of fused-ring (bicyclic) bond motifs is 1. The van der Waals surface area contributed by atoms with Crippen LogP contribution in [0.3, 0.4) is 0 Å². The fourth-order valence-electron chi connectivity index (χ4n) is 1.72. The van der Waals surface area contributed by atoms with E-state index < -0.39 is 0 Å². The lowest BCUT2D eigenvalue weighted by atomic mass is 10.0. The standard InChI is InChI=1S/C13H12O/c1-2-10-7-11-5-3-4-6-12(11)8-13(10)9-14/h3-9H,2H2,1H3. The first-order valence-corrected chi connectivity index (χ1v) is 4.82. The van der Waals surface area contributed by atoms with Gasteiger partial charge in [0.2, 0.25) is 0 Å². The monoisotopic (exact) mass is 184 g/mol. The number of hydrogen-bond donors (Lipinski definition) is 0. The number of aldehydes is 1. The van der Waals surface area contributed by atoms with Gasteiger partial charge in [0.05, 0.1) is 0 Å². The number of hydrogen-bond acceptors (Lipinski definition) is 1. The maximum Gasteiger partial charge on any atom is 0.150 e. The van der Waals surface area contributed by atoms with E-state index in [2.05, 4.69) is 19.1 Å². The Morgan fingerprint density at radius 1 is 1.14 bits per heavy atom. The summed E-state index contributed by atoms with van der Waals surface area (Å²) in [5, 5.41) is 2.33. The molecule has 0 unspecified atom stereocenters. The van der Waals surface area contributed by atoms with E-state index >= 15 is 0 Å². The molecular weight excluding hydrogens is 172 g/mol. The molecular formula is C13H12O. The molecule has 0 heterocycles. The van der Waals surface area contributed by atoms with E-state index in [1.54, 1.807) is 0 Å². The van der Waals surface area contributed by atoms with Crippen molar-refractivity contribution in [3.05, 3.63) is 47.5 Å². The van der Waals surface area contributed by atoms with E-state index in [0.29, 0.717) is 0 Å². The summed E-state index contributed by atoms with van der Waals surface area (Å²) < 4.78 is 0. The van der Waals surface area contributed by atoms with Crippen LogP contribution in [0.25, 0.3) is 10.8 Å². The van der Waals surface area contributed by atoms with E-state index in [1.807, 2.05) is 24.3 Å². The second kappa shape index (κ2) is 3.62. The van der Waals surface area contributed by atoms with Crippen LogP contribution in [0.5, 0.6) is 0 Å². The molecule has 70 valence electrons. The van der Waals surface area contributed by atoms with Gasteiger partial charge in [-0.2, -0.15) is 0 Å². The molecule has 0 radical (unpaired) electrons. The van der Waals surface area contributed by atoms with Crippen LogP contribution < -0.4 is 0 Å². The van der Waals surface area contributed by atoms with Crippen molar-refractivity contribution < 1.29 is 4.79 Å². The maximum atomic E-state index is 10.8. The number of carbonyl (C=O) groups is 1. The van der Waals surface area contributed by atoms with Gasteiger partial charge in [-0.1, -0.05) is 37.3 Å². The van der Waals surface area contributed by atoms with Crippen molar-refractivity contribution in [2.45, 2.75) is 13.3 Å². The lowest BCUT2D eigenvalue weighted by molar-refractivity contribution is 0.112. The van der Waals surface area contributed by atoms with Gasteiger partial charge >= 0.3 is 0 Å². The summed E-state index contributed by atoms with van der Waals surface area (Å²) in [5.74, 6) is 0. The van der Waals surface area contributed by atoms with E-state index in [1.165, 1.54) is 5.39 Å². The molecule has 0 fully saturated rings. The first-order chi connectivity index (χ1) is 6.85. The third-order valence-electron chi connectivity index (χ3n) is 2.52. The predicted molar refractivity (Wildman–Crippen MR) is 58.7 cm³/mol. The molecule has 0 bridgehead atoms. The van der Waals surface area contributed by atoms with Crippen molar-refractivity contribution in [2.24, 2.45) is 0 Å². The quantitative estimate of drug-likeness (QED) is 0.655. The number of carbonyl (C=O) groups excluding carboxylic acids is 1. The zero-order valence-electron chi connectivity index (χ0n) is 8.16. The Morgan fingerprint density at radius 3 is 2.36 bits per heavy atom. The van der Waals surface area contributed by atoms with E-state index in [4.69, 9.17) is 0 Å². The summed E-state index contributed by atoms with van der Waals surface area (Å²) >= 11 is 0. The average Bonchev–Trinajstić information content (AvgIpc) is 2.27. The zero-order chi connectivity index (χ0) is 9.97. The van der Waals surface area contributed by atoms with Crippen molar-refractivity contribution in [2.75, 3.05) is 0 Å². The summed E-state index contributed by atoms with van der Waals surface area (Å²) in [6, 6.07) is 12.2. The van der Waals surface area contributed by atoms with Crippen LogP contribution >= 0.6 is 0 Å². The number of benzene rings is 2. The second-order valence-corrected chi connectivity index (χ2v) is 3.37. The van der Waals surface area contributed by atoms with Crippen molar-refractivity contribution in [3.63, 3.8) is 0 Å². The molecule has 0 aliphatic heterocycles. The Morgan fingerprint density at radius 2 is 1.79 bits per heavy atom. The molecule has 0 aliphatic carbocycles. The summed E-state index contributed by atoms with van der Waals surface area (Å²) in [6.07, 6.45) is 1.84. The van der Waals surface area contributed by atoms with Crippen LogP contribution in [-0.4, -0.2) is 6.29 Å². The van der Waals surface area contributed by atoms with Crippen LogP contribution in [0.4, 0.5) is 0 Å². The van der Waals surface area contributed by atoms with Crippen LogP contribution in [-0.2, 0) is 6.42 Å². The average molecular weight is 184 g/mol. The Bertz CT molecular complexity index is 472. The molecule has 0 saturated carbocycles. The number of aryl methyl sites for hydroxylation is 1. The molecule has 0 atom stereocenters. The Balaban J connectivity index is 2.75. The van der Waals surface area contributed by atoms with Gasteiger partial charge in [-0.15, -0.1) is 0 Å². The fourth-order valence-corrected chi connectivity index (χ4v) is 1.72. The van der Waals surface area contributed by atoms with E-state index in [9.17, 15) is 4.79 Å². The van der Waals surface area contributed by atoms with Gasteiger partial charge in [0.25, 0.3) is 0 Å². The van der Waals surface area contributed by atoms with Gasteiger partial charge in [0.1, 0.15) is 6.29 Å². The second-order valence-electron chi connectivity index (χ2n) is 3.37. The van der Waals surface area contributed by atoms with Crippen LogP contribution in [0.2, 0.25) is 0 Å². The molecule has 0 amide bonds. The molecule has 2 aromatic carbocycles. The number of rotatable bonds is 2. The lowest BCUT2D eigenvalue weighted by Gasteiger charge is -2.04. The molecule has 0 aliphatic rings. The highest BCUT2D eigenvalue weighted by Gasteiger charge is 2.01. The van der Waals surface area contributed by atoms with Crippen molar-refractivity contribution in [3.8, 4) is 0 Å². The maximum absolute atomic E-state index is 10.8. The highest BCUT2D eigenvalue weighted by molar-refractivity contribution is 5.90. The highest BCUT2D eigenvalue weighted by Crippen LogP contribution is 2.19. The minimum Gasteiger partial charge on any atom is -0.298 e. The largest absolute Gasteiger partial charge is 0.298 e. The van der Waals surface area contributed by atoms with Gasteiger partial charge in [0, 0.05) is 5.56 Å². The molecule has 1 heteroatoms. The first-order valence-electron chi connectivity index (χ1n) is 4.82. The first kappa shape index (κ1) is 8.95. The molecule has 0 saturated heterocycles. The topological polar surface area (TPSA) is 17.1 Å². The third kappa shape index (κ3) is 1.41. The van der Waals surface area contributed by atoms with Gasteiger partial charge in [0.15, 0.2) is 0 Å². The van der Waals surface area contributed by atoms with E-state index in [0.717, 1.165) is 29.2 Å². The van der Waals surface area contributed by atoms with Gasteiger partial charge in [-0.3, -0.25) is 4.79 Å². The Kier molecular flexibility index (Phi) is 2.32. The summed E-state index contributed by atoms with van der Waals surface area (Å²) in [7, 11) is 0. The lowest BCUT2D eigenvalue weighted by Crippen LogP contribution is -1.90. The zero-order valence-corrected chi connectivity index (χ0v) is 8.16. The van der Waals surface area contributed by atoms with Crippen LogP contribution in [0.15, 0.2) is 36.4 Å². The van der Waals surface area contributed by atoms with Crippen molar-refractivity contribution in [1.82, 2.24) is 0 Å². The Hall–Kier alpha value is -1.63. The highest BCUT2D eigenvalue weighted by atomic mass is 16.1. The van der Waals surface area contributed by atoms with Gasteiger partial charge in [-0.05, 0) is 28.8 Å². The summed E-state index contributed by atoms with van der Waals surface area (Å²) in [6.45, 7) is 2.07. The normalized spacial score (nSPS) is 10.4. The van der Waals surface area contributed by atoms with Crippen LogP contribution in [0.1, 0.15) is 22.8 Å². The van der Waals surface area contributed by atoms with Gasteiger partial charge in [-0.25, -0.2) is 0 Å². The summed E-state index contributed by atoms with van der Waals surface area (Å²) in [5.41, 5.74) is 1.94. The van der Waals surface area contributed by atoms with Crippen molar-refractivity contribution >= 4 is 17.1 Å². The molecule has 2 aromatic rings. The summed E-state index contributed by atoms with van der Waals surface area (Å²) in [4.78, 5) is 10.8. The third-order valence-corrected chi connectivity index (χ3v) is 2.52. The predicted octanol–water partition coefficient (Wildman–Crippen LogP) is 3.21. The minimum atomic E-state index is 0.811. The van der Waals surface area contributed by atoms with Crippen molar-refractivity contribution in [1.29, 1.82) is 0 Å². The molecule has 1 nitrogen and oxygen atoms in total. The SMILES string of the molecule is CCc1cc2ccccc2cc1C=O.